The number of carbonyl (C=O) groups excluding carboxylic acids is 1. The molecule has 0 spiro atoms. The van der Waals surface area contributed by atoms with E-state index in [1.807, 2.05) is 36.7 Å². The number of imidazole rings is 1. The number of esters is 1. The lowest BCUT2D eigenvalue weighted by atomic mass is 10.1. The van der Waals surface area contributed by atoms with Gasteiger partial charge in [0.1, 0.15) is 5.82 Å². The number of halogens is 2. The summed E-state index contributed by atoms with van der Waals surface area (Å²) in [6.07, 6.45) is 4.76. The van der Waals surface area contributed by atoms with Crippen LogP contribution < -0.4 is 4.90 Å². The number of rotatable bonds is 5. The summed E-state index contributed by atoms with van der Waals surface area (Å²) in [5.41, 5.74) is 1.31. The Morgan fingerprint density at radius 1 is 1.37 bits per heavy atom. The summed E-state index contributed by atoms with van der Waals surface area (Å²) in [5, 5.41) is 12.0. The zero-order chi connectivity index (χ0) is 21.4. The second kappa shape index (κ2) is 8.41. The lowest BCUT2D eigenvalue weighted by Gasteiger charge is -2.27. The highest BCUT2D eigenvalue weighted by molar-refractivity contribution is 6.45. The lowest BCUT2D eigenvalue weighted by Crippen LogP contribution is -2.44. The van der Waals surface area contributed by atoms with Crippen LogP contribution in [0.5, 0.6) is 0 Å². The Morgan fingerprint density at radius 2 is 2.17 bits per heavy atom. The Bertz CT molecular complexity index is 1070. The molecule has 9 heteroatoms. The van der Waals surface area contributed by atoms with Gasteiger partial charge >= 0.3 is 5.97 Å². The van der Waals surface area contributed by atoms with Crippen molar-refractivity contribution in [1.29, 1.82) is 0 Å². The second-order valence-electron chi connectivity index (χ2n) is 7.75. The summed E-state index contributed by atoms with van der Waals surface area (Å²) >= 11 is 12.7. The van der Waals surface area contributed by atoms with E-state index in [-0.39, 0.29) is 5.92 Å². The van der Waals surface area contributed by atoms with Crippen LogP contribution in [-0.2, 0) is 9.53 Å². The molecule has 4 rings (SSSR count). The topological polar surface area (TPSA) is 80.5 Å². The fourth-order valence-corrected chi connectivity index (χ4v) is 3.98. The largest absolute Gasteiger partial charge is 0.464 e. The molecule has 1 aliphatic rings. The van der Waals surface area contributed by atoms with E-state index in [1.165, 1.54) is 0 Å². The monoisotopic (exact) mass is 448 g/mol. The molecule has 0 aliphatic carbocycles. The van der Waals surface area contributed by atoms with Gasteiger partial charge in [-0.1, -0.05) is 37.0 Å². The van der Waals surface area contributed by atoms with Gasteiger partial charge in [0.05, 0.1) is 40.3 Å². The molecule has 3 heterocycles. The molecule has 3 aromatic rings. The van der Waals surface area contributed by atoms with Crippen LogP contribution in [0.4, 0.5) is 5.82 Å². The number of fused-ring (bicyclic) bond motifs is 1. The molecule has 1 N–H and O–H groups in total. The van der Waals surface area contributed by atoms with Gasteiger partial charge in [-0.05, 0) is 24.5 Å². The molecule has 1 aromatic carbocycles. The van der Waals surface area contributed by atoms with E-state index in [0.717, 1.165) is 11.1 Å². The van der Waals surface area contributed by atoms with E-state index in [9.17, 15) is 9.90 Å². The summed E-state index contributed by atoms with van der Waals surface area (Å²) in [7, 11) is 0. The Morgan fingerprint density at radius 3 is 2.87 bits per heavy atom. The number of nitrogens with zero attached hydrogens (tertiary/aromatic N) is 4. The molecule has 0 bridgehead atoms. The second-order valence-corrected chi connectivity index (χ2v) is 8.53. The summed E-state index contributed by atoms with van der Waals surface area (Å²) < 4.78 is 7.26. The van der Waals surface area contributed by atoms with Gasteiger partial charge in [-0.15, -0.1) is 0 Å². The number of benzene rings is 1. The van der Waals surface area contributed by atoms with Crippen LogP contribution in [0.2, 0.25) is 10.0 Å². The molecule has 1 saturated heterocycles. The van der Waals surface area contributed by atoms with Crippen molar-refractivity contribution in [3.05, 3.63) is 47.0 Å². The predicted octanol–water partition coefficient (Wildman–Crippen LogP) is 3.87. The molecular weight excluding hydrogens is 427 g/mol. The zero-order valence-electron chi connectivity index (χ0n) is 16.6. The van der Waals surface area contributed by atoms with E-state index in [2.05, 4.69) is 4.98 Å². The number of ether oxygens (including phenoxy) is 1. The van der Waals surface area contributed by atoms with Crippen molar-refractivity contribution in [2.24, 2.45) is 5.92 Å². The van der Waals surface area contributed by atoms with Crippen molar-refractivity contribution in [3.8, 4) is 5.69 Å². The van der Waals surface area contributed by atoms with Crippen molar-refractivity contribution >= 4 is 45.9 Å². The number of aromatic nitrogens is 3. The summed E-state index contributed by atoms with van der Waals surface area (Å²) in [5.74, 6) is 0.254. The normalized spacial score (nSPS) is 19.1. The molecular formula is C21H22Cl2N4O3. The number of carbonyl (C=O) groups is 1. The first-order valence-corrected chi connectivity index (χ1v) is 10.5. The fourth-order valence-electron chi connectivity index (χ4n) is 3.62. The van der Waals surface area contributed by atoms with Crippen LogP contribution in [0, 0.1) is 5.92 Å². The predicted molar refractivity (Wildman–Crippen MR) is 116 cm³/mol. The first-order chi connectivity index (χ1) is 14.4. The summed E-state index contributed by atoms with van der Waals surface area (Å²) in [4.78, 5) is 23.3. The smallest absolute Gasteiger partial charge is 0.331 e. The Kier molecular flexibility index (Phi) is 5.86. The first kappa shape index (κ1) is 20.9. The molecule has 0 radical (unpaired) electrons. The third-order valence-electron chi connectivity index (χ3n) is 5.08. The standard InChI is InChI=1S/C21H22Cl2N4O3/c1-12(2)10-30-21(29)20-16(28)5-7-27(20)17-9-15(26-8-6-24-11-26)13-3-4-14(22)18(23)19(13)25-17/h3-4,6,8-9,11-12,16,20,28H,5,7,10H2,1-2H3/t16-,20-/m0/s1. The van der Waals surface area contributed by atoms with Gasteiger partial charge in [-0.3, -0.25) is 0 Å². The zero-order valence-corrected chi connectivity index (χ0v) is 18.1. The summed E-state index contributed by atoms with van der Waals surface area (Å²) in [6.45, 7) is 4.68. The average Bonchev–Trinajstić information content (AvgIpc) is 3.38. The molecule has 0 saturated carbocycles. The van der Waals surface area contributed by atoms with Gasteiger partial charge < -0.3 is 19.3 Å². The molecule has 0 amide bonds. The molecule has 1 fully saturated rings. The quantitative estimate of drug-likeness (QED) is 0.596. The fraction of sp³-hybridized carbons (Fsp3) is 0.381. The minimum Gasteiger partial charge on any atom is -0.464 e. The van der Waals surface area contributed by atoms with E-state index in [4.69, 9.17) is 32.9 Å². The van der Waals surface area contributed by atoms with Crippen LogP contribution in [0.15, 0.2) is 36.9 Å². The Labute approximate surface area is 184 Å². The number of aliphatic hydroxyl groups excluding tert-OH is 1. The lowest BCUT2D eigenvalue weighted by molar-refractivity contribution is -0.148. The molecule has 30 heavy (non-hydrogen) atoms. The third-order valence-corrected chi connectivity index (χ3v) is 5.87. The first-order valence-electron chi connectivity index (χ1n) is 9.75. The molecule has 7 nitrogen and oxygen atoms in total. The number of hydrogen-bond donors (Lipinski definition) is 1. The molecule has 2 aromatic heterocycles. The van der Waals surface area contributed by atoms with Crippen LogP contribution in [-0.4, -0.2) is 50.9 Å². The van der Waals surface area contributed by atoms with Gasteiger partial charge in [0.2, 0.25) is 0 Å². The minimum atomic E-state index is -0.839. The van der Waals surface area contributed by atoms with Gasteiger partial charge in [0, 0.05) is 30.4 Å². The van der Waals surface area contributed by atoms with Gasteiger partial charge in [-0.2, -0.15) is 0 Å². The maximum absolute atomic E-state index is 12.7. The highest BCUT2D eigenvalue weighted by Gasteiger charge is 2.40. The van der Waals surface area contributed by atoms with Crippen molar-refractivity contribution in [3.63, 3.8) is 0 Å². The number of hydrogen-bond acceptors (Lipinski definition) is 6. The average molecular weight is 449 g/mol. The van der Waals surface area contributed by atoms with Crippen LogP contribution in [0.3, 0.4) is 0 Å². The minimum absolute atomic E-state index is 0.202. The van der Waals surface area contributed by atoms with Gasteiger partial charge in [0.15, 0.2) is 6.04 Å². The van der Waals surface area contributed by atoms with E-state index in [1.54, 1.807) is 23.5 Å². The van der Waals surface area contributed by atoms with Crippen LogP contribution >= 0.6 is 23.2 Å². The van der Waals surface area contributed by atoms with Crippen molar-refractivity contribution in [2.45, 2.75) is 32.4 Å². The third kappa shape index (κ3) is 3.85. The van der Waals surface area contributed by atoms with E-state index >= 15 is 0 Å². The Hall–Kier alpha value is -2.35. The van der Waals surface area contributed by atoms with Gasteiger partial charge in [0.25, 0.3) is 0 Å². The van der Waals surface area contributed by atoms with Crippen LogP contribution in [0.25, 0.3) is 16.6 Å². The molecule has 1 aliphatic heterocycles. The SMILES string of the molecule is CC(C)COC(=O)[C@@H]1[C@@H](O)CCN1c1cc(-n2ccnc2)c2ccc(Cl)c(Cl)c2n1. The number of anilines is 1. The maximum Gasteiger partial charge on any atom is 0.331 e. The maximum atomic E-state index is 12.7. The van der Waals surface area contributed by atoms with E-state index < -0.39 is 18.1 Å². The van der Waals surface area contributed by atoms with Crippen molar-refractivity contribution in [1.82, 2.24) is 14.5 Å². The van der Waals surface area contributed by atoms with Crippen LogP contribution in [0.1, 0.15) is 20.3 Å². The number of pyridine rings is 1. The molecule has 2 atom stereocenters. The molecule has 0 unspecified atom stereocenters. The molecule has 158 valence electrons. The van der Waals surface area contributed by atoms with E-state index in [0.29, 0.717) is 41.0 Å². The van der Waals surface area contributed by atoms with Crippen molar-refractivity contribution < 1.29 is 14.6 Å². The highest BCUT2D eigenvalue weighted by atomic mass is 35.5. The number of aliphatic hydroxyl groups is 1. The summed E-state index contributed by atoms with van der Waals surface area (Å²) in [6, 6.07) is 4.60. The van der Waals surface area contributed by atoms with Gasteiger partial charge in [-0.25, -0.2) is 14.8 Å². The Balaban J connectivity index is 1.81. The highest BCUT2D eigenvalue weighted by Crippen LogP contribution is 2.36. The van der Waals surface area contributed by atoms with Crippen molar-refractivity contribution in [2.75, 3.05) is 18.1 Å².